The minimum Gasteiger partial charge on any atom is -0.319 e. The Labute approximate surface area is 172 Å². The van der Waals surface area contributed by atoms with E-state index in [0.717, 1.165) is 16.3 Å². The summed E-state index contributed by atoms with van der Waals surface area (Å²) in [5.74, 6) is 0. The van der Waals surface area contributed by atoms with Crippen molar-refractivity contribution in [3.63, 3.8) is 0 Å². The van der Waals surface area contributed by atoms with Crippen molar-refractivity contribution in [2.75, 3.05) is 6.66 Å². The molecule has 0 aliphatic heterocycles. The van der Waals surface area contributed by atoms with Crippen molar-refractivity contribution in [3.05, 3.63) is 76.6 Å². The summed E-state index contributed by atoms with van der Waals surface area (Å²) in [7, 11) is -2.72. The molecule has 4 aromatic rings. The number of rotatable bonds is 3. The molecule has 0 fully saturated rings. The van der Waals surface area contributed by atoms with Crippen LogP contribution in [0.25, 0.3) is 21.8 Å². The summed E-state index contributed by atoms with van der Waals surface area (Å²) in [6, 6.07) is 20.2. The molecule has 1 unspecified atom stereocenters. The molecule has 0 saturated carbocycles. The number of pyridine rings is 2. The molecule has 0 bridgehead atoms. The zero-order chi connectivity index (χ0) is 20.6. The third-order valence-electron chi connectivity index (χ3n) is 4.82. The van der Waals surface area contributed by atoms with Gasteiger partial charge in [-0.3, -0.25) is 0 Å². The topological polar surface area (TPSA) is 90.4 Å². The van der Waals surface area contributed by atoms with Crippen molar-refractivity contribution in [2.45, 2.75) is 6.16 Å². The number of halogens is 1. The first-order valence-electron chi connectivity index (χ1n) is 8.78. The first-order chi connectivity index (χ1) is 13.9. The highest BCUT2D eigenvalue weighted by Crippen LogP contribution is 2.46. The molecule has 2 heterocycles. The second-order valence-electron chi connectivity index (χ2n) is 6.84. The SMILES string of the molecule is CP(=O)(Cc1cc2c(C#N)cc(Cl)nc2c2nc(C#N)ccc12)c1ccccc1. The van der Waals surface area contributed by atoms with Crippen LogP contribution in [-0.4, -0.2) is 16.6 Å². The second-order valence-corrected chi connectivity index (χ2v) is 10.3. The Morgan fingerprint density at radius 3 is 2.38 bits per heavy atom. The molecule has 29 heavy (non-hydrogen) atoms. The largest absolute Gasteiger partial charge is 0.319 e. The first kappa shape index (κ1) is 19.1. The average molecular weight is 417 g/mol. The van der Waals surface area contributed by atoms with Crippen molar-refractivity contribution in [1.82, 2.24) is 9.97 Å². The van der Waals surface area contributed by atoms with E-state index in [9.17, 15) is 15.1 Å². The Kier molecular flexibility index (Phi) is 4.81. The normalized spacial score (nSPS) is 13.0. The number of benzene rings is 2. The number of hydrogen-bond acceptors (Lipinski definition) is 5. The third kappa shape index (κ3) is 3.47. The molecule has 0 aliphatic rings. The fraction of sp³-hybridized carbons (Fsp3) is 0.0909. The molecule has 0 aliphatic carbocycles. The Hall–Kier alpha value is -3.24. The van der Waals surface area contributed by atoms with Gasteiger partial charge in [0.15, 0.2) is 0 Å². The van der Waals surface area contributed by atoms with Crippen molar-refractivity contribution >= 4 is 45.9 Å². The van der Waals surface area contributed by atoms with E-state index in [4.69, 9.17) is 11.6 Å². The van der Waals surface area contributed by atoms with Gasteiger partial charge in [-0.1, -0.05) is 41.9 Å². The summed E-state index contributed by atoms with van der Waals surface area (Å²) in [5, 5.41) is 21.1. The molecule has 2 aromatic heterocycles. The lowest BCUT2D eigenvalue weighted by Crippen LogP contribution is -2.06. The Morgan fingerprint density at radius 1 is 0.966 bits per heavy atom. The molecular weight excluding hydrogens is 403 g/mol. The summed E-state index contributed by atoms with van der Waals surface area (Å²) in [6.45, 7) is 1.75. The highest BCUT2D eigenvalue weighted by molar-refractivity contribution is 7.70. The molecule has 5 nitrogen and oxygen atoms in total. The summed E-state index contributed by atoms with van der Waals surface area (Å²) in [5.41, 5.74) is 2.32. The van der Waals surface area contributed by atoms with Crippen LogP contribution in [-0.2, 0) is 10.7 Å². The van der Waals surface area contributed by atoms with Gasteiger partial charge < -0.3 is 4.57 Å². The van der Waals surface area contributed by atoms with Gasteiger partial charge in [0.25, 0.3) is 0 Å². The first-order valence-corrected chi connectivity index (χ1v) is 11.5. The van der Waals surface area contributed by atoms with Crippen LogP contribution in [0.1, 0.15) is 16.8 Å². The third-order valence-corrected chi connectivity index (χ3v) is 7.35. The van der Waals surface area contributed by atoms with Crippen molar-refractivity contribution in [1.29, 1.82) is 10.5 Å². The van der Waals surface area contributed by atoms with E-state index in [-0.39, 0.29) is 10.8 Å². The minimum absolute atomic E-state index is 0.178. The predicted molar refractivity (Wildman–Crippen MR) is 115 cm³/mol. The van der Waals surface area contributed by atoms with Crippen LogP contribution in [0.15, 0.2) is 54.6 Å². The maximum Gasteiger partial charge on any atom is 0.141 e. The summed E-state index contributed by atoms with van der Waals surface area (Å²) < 4.78 is 13.5. The lowest BCUT2D eigenvalue weighted by atomic mass is 10.0. The zero-order valence-electron chi connectivity index (χ0n) is 15.4. The average Bonchev–Trinajstić information content (AvgIpc) is 2.73. The molecule has 0 radical (unpaired) electrons. The van der Waals surface area contributed by atoms with Gasteiger partial charge in [-0.2, -0.15) is 10.5 Å². The zero-order valence-corrected chi connectivity index (χ0v) is 17.1. The summed E-state index contributed by atoms with van der Waals surface area (Å²) in [4.78, 5) is 8.78. The van der Waals surface area contributed by atoms with Crippen LogP contribution in [0.3, 0.4) is 0 Å². The molecule has 0 amide bonds. The molecule has 0 saturated heterocycles. The fourth-order valence-electron chi connectivity index (χ4n) is 3.45. The molecule has 2 aromatic carbocycles. The fourth-order valence-corrected chi connectivity index (χ4v) is 5.54. The Balaban J connectivity index is 2.03. The van der Waals surface area contributed by atoms with E-state index < -0.39 is 7.14 Å². The Morgan fingerprint density at radius 2 is 1.69 bits per heavy atom. The number of fused-ring (bicyclic) bond motifs is 3. The van der Waals surface area contributed by atoms with Crippen LogP contribution in [0.5, 0.6) is 0 Å². The van der Waals surface area contributed by atoms with E-state index in [1.807, 2.05) is 42.5 Å². The van der Waals surface area contributed by atoms with Crippen LogP contribution < -0.4 is 5.30 Å². The molecule has 0 N–H and O–H groups in total. The quantitative estimate of drug-likeness (QED) is 0.266. The molecule has 7 heteroatoms. The van der Waals surface area contributed by atoms with E-state index in [2.05, 4.69) is 16.0 Å². The number of nitriles is 2. The van der Waals surface area contributed by atoms with Crippen LogP contribution in [0.2, 0.25) is 5.15 Å². The summed E-state index contributed by atoms with van der Waals surface area (Å²) >= 11 is 6.10. The molecule has 140 valence electrons. The number of hydrogen-bond donors (Lipinski definition) is 0. The van der Waals surface area contributed by atoms with E-state index in [1.54, 1.807) is 18.8 Å². The van der Waals surface area contributed by atoms with Crippen LogP contribution in [0, 0.1) is 22.7 Å². The van der Waals surface area contributed by atoms with Crippen molar-refractivity contribution in [2.24, 2.45) is 0 Å². The molecule has 1 atom stereocenters. The van der Waals surface area contributed by atoms with Gasteiger partial charge in [0.2, 0.25) is 0 Å². The lowest BCUT2D eigenvalue weighted by Gasteiger charge is -2.16. The van der Waals surface area contributed by atoms with Gasteiger partial charge in [0, 0.05) is 22.2 Å². The predicted octanol–water partition coefficient (Wildman–Crippen LogP) is 5.00. The number of aromatic nitrogens is 2. The monoisotopic (exact) mass is 416 g/mol. The van der Waals surface area contributed by atoms with Gasteiger partial charge in [-0.05, 0) is 36.5 Å². The van der Waals surface area contributed by atoms with Crippen molar-refractivity contribution in [3.8, 4) is 12.1 Å². The smallest absolute Gasteiger partial charge is 0.141 e. The van der Waals surface area contributed by atoms with Gasteiger partial charge in [0.05, 0.1) is 22.7 Å². The number of nitrogens with zero attached hydrogens (tertiary/aromatic N) is 4. The van der Waals surface area contributed by atoms with E-state index in [1.165, 1.54) is 6.07 Å². The van der Waals surface area contributed by atoms with Gasteiger partial charge in [-0.25, -0.2) is 9.97 Å². The Bertz CT molecular complexity index is 1400. The second kappa shape index (κ2) is 7.30. The molecule has 0 spiro atoms. The van der Waals surface area contributed by atoms with Gasteiger partial charge in [-0.15, -0.1) is 0 Å². The molecular formula is C22H14ClN4OP. The maximum atomic E-state index is 13.5. The minimum atomic E-state index is -2.72. The van der Waals surface area contributed by atoms with Gasteiger partial charge in [0.1, 0.15) is 24.1 Å². The van der Waals surface area contributed by atoms with E-state index >= 15 is 0 Å². The molecule has 4 rings (SSSR count). The lowest BCUT2D eigenvalue weighted by molar-refractivity contribution is 0.584. The maximum absolute atomic E-state index is 13.5. The van der Waals surface area contributed by atoms with Crippen molar-refractivity contribution < 1.29 is 4.57 Å². The van der Waals surface area contributed by atoms with E-state index in [0.29, 0.717) is 28.1 Å². The van der Waals surface area contributed by atoms with Crippen LogP contribution >= 0.6 is 18.7 Å². The highest BCUT2D eigenvalue weighted by atomic mass is 35.5. The van der Waals surface area contributed by atoms with Crippen LogP contribution in [0.4, 0.5) is 0 Å². The van der Waals surface area contributed by atoms with Gasteiger partial charge >= 0.3 is 0 Å². The summed E-state index contributed by atoms with van der Waals surface area (Å²) in [6.07, 6.45) is 0.296. The standard InChI is InChI=1S/C22H14ClN4OP/c1-29(28,17-5-3-2-4-6-17)13-15-9-19-14(11-24)10-20(23)27-22(19)21-18(15)8-7-16(12-25)26-21/h2-10H,13H2,1H3. The highest BCUT2D eigenvalue weighted by Gasteiger charge is 2.22.